The van der Waals surface area contributed by atoms with E-state index in [9.17, 15) is 4.79 Å². The summed E-state index contributed by atoms with van der Waals surface area (Å²) in [5.41, 5.74) is 1.57. The highest BCUT2D eigenvalue weighted by Crippen LogP contribution is 2.02. The average Bonchev–Trinajstić information content (AvgIpc) is 2.45. The van der Waals surface area contributed by atoms with Crippen molar-refractivity contribution >= 4 is 5.91 Å². The molecule has 0 spiro atoms. The maximum atomic E-state index is 11.8. The second-order valence-corrected chi connectivity index (χ2v) is 4.43. The number of carbonyl (C=O) groups is 1. The molecule has 0 saturated heterocycles. The van der Waals surface area contributed by atoms with Crippen LogP contribution in [0.3, 0.4) is 0 Å². The molecule has 0 radical (unpaired) electrons. The van der Waals surface area contributed by atoms with Crippen LogP contribution in [0.1, 0.15) is 50.7 Å². The second kappa shape index (κ2) is 10.5. The molecule has 0 aliphatic rings. The van der Waals surface area contributed by atoms with Gasteiger partial charge in [0.2, 0.25) is 0 Å². The zero-order valence-corrected chi connectivity index (χ0v) is 12.8. The zero-order valence-electron chi connectivity index (χ0n) is 12.8. The lowest BCUT2D eigenvalue weighted by Gasteiger charge is -2.08. The summed E-state index contributed by atoms with van der Waals surface area (Å²) < 4.78 is 0. The molecule has 0 aromatic carbocycles. The molecule has 0 fully saturated rings. The van der Waals surface area contributed by atoms with Gasteiger partial charge >= 0.3 is 0 Å². The second-order valence-electron chi connectivity index (χ2n) is 4.43. The summed E-state index contributed by atoms with van der Waals surface area (Å²) in [6, 6.07) is 3.75. The lowest BCUT2D eigenvalue weighted by atomic mass is 10.2. The van der Waals surface area contributed by atoms with E-state index in [2.05, 4.69) is 36.4 Å². The lowest BCUT2D eigenvalue weighted by molar-refractivity contribution is 0.0944. The fourth-order valence-electron chi connectivity index (χ4n) is 1.37. The van der Waals surface area contributed by atoms with E-state index < -0.39 is 0 Å². The maximum absolute atomic E-state index is 11.8. The van der Waals surface area contributed by atoms with Crippen LogP contribution in [0.2, 0.25) is 0 Å². The minimum Gasteiger partial charge on any atom is -0.350 e. The first-order chi connectivity index (χ1) is 9.13. The van der Waals surface area contributed by atoms with E-state index in [4.69, 9.17) is 0 Å². The van der Waals surface area contributed by atoms with Gasteiger partial charge in [-0.15, -0.1) is 0 Å². The predicted octanol–water partition coefficient (Wildman–Crippen LogP) is 2.60. The Morgan fingerprint density at radius 3 is 2.63 bits per heavy atom. The molecule has 4 nitrogen and oxygen atoms in total. The summed E-state index contributed by atoms with van der Waals surface area (Å²) in [5.74, 6) is 0.348. The number of carbonyl (C=O) groups excluding carboxylic acids is 1. The number of nitrogens with zero attached hydrogens (tertiary/aromatic N) is 1. The van der Waals surface area contributed by atoms with Crippen molar-refractivity contribution in [3.05, 3.63) is 29.6 Å². The fraction of sp³-hybridized carbons (Fsp3) is 0.600. The quantitative estimate of drug-likeness (QED) is 0.831. The molecule has 0 aliphatic carbocycles. The molecular formula is C15H27N3O. The monoisotopic (exact) mass is 265 g/mol. The smallest absolute Gasteiger partial charge is 0.269 e. The van der Waals surface area contributed by atoms with Gasteiger partial charge in [-0.1, -0.05) is 34.6 Å². The molecule has 1 aromatic heterocycles. The molecule has 0 unspecified atom stereocenters. The normalized spacial score (nSPS) is 9.79. The van der Waals surface area contributed by atoms with Crippen LogP contribution in [0.5, 0.6) is 0 Å². The Bertz CT molecular complexity index is 364. The molecule has 0 aliphatic heterocycles. The maximum Gasteiger partial charge on any atom is 0.269 e. The standard InChI is InChI=1S/C13H21N3O.C2H6/c1-4-14-9-11-5-6-15-12(7-11)13(17)16-8-10(2)3;1-2/h5-7,10,14H,4,8-9H2,1-3H3,(H,16,17);1-2H3. The topological polar surface area (TPSA) is 54.0 Å². The van der Waals surface area contributed by atoms with Crippen molar-refractivity contribution in [3.8, 4) is 0 Å². The molecule has 19 heavy (non-hydrogen) atoms. The van der Waals surface area contributed by atoms with E-state index in [0.29, 0.717) is 18.2 Å². The van der Waals surface area contributed by atoms with Crippen molar-refractivity contribution in [3.63, 3.8) is 0 Å². The number of amides is 1. The van der Waals surface area contributed by atoms with E-state index in [-0.39, 0.29) is 5.91 Å². The molecule has 4 heteroatoms. The van der Waals surface area contributed by atoms with Crippen LogP contribution >= 0.6 is 0 Å². The molecule has 2 N–H and O–H groups in total. The van der Waals surface area contributed by atoms with E-state index >= 15 is 0 Å². The van der Waals surface area contributed by atoms with Crippen molar-refractivity contribution in [1.29, 1.82) is 0 Å². The van der Waals surface area contributed by atoms with Gasteiger partial charge in [0, 0.05) is 19.3 Å². The van der Waals surface area contributed by atoms with Crippen molar-refractivity contribution in [2.24, 2.45) is 5.92 Å². The molecular weight excluding hydrogens is 238 g/mol. The highest BCUT2D eigenvalue weighted by Gasteiger charge is 2.07. The van der Waals surface area contributed by atoms with Crippen LogP contribution in [-0.2, 0) is 6.54 Å². The van der Waals surface area contributed by atoms with Gasteiger partial charge in [-0.3, -0.25) is 9.78 Å². The van der Waals surface area contributed by atoms with Crippen LogP contribution in [0.15, 0.2) is 18.3 Å². The Morgan fingerprint density at radius 2 is 2.05 bits per heavy atom. The summed E-state index contributed by atoms with van der Waals surface area (Å²) in [7, 11) is 0. The largest absolute Gasteiger partial charge is 0.350 e. The molecule has 0 bridgehead atoms. The van der Waals surface area contributed by atoms with Crippen LogP contribution in [0.25, 0.3) is 0 Å². The van der Waals surface area contributed by atoms with Crippen LogP contribution in [0, 0.1) is 5.92 Å². The molecule has 0 saturated carbocycles. The predicted molar refractivity (Wildman–Crippen MR) is 80.1 cm³/mol. The third-order valence-corrected chi connectivity index (χ3v) is 2.31. The number of rotatable bonds is 6. The summed E-state index contributed by atoms with van der Waals surface area (Å²) in [5, 5.41) is 6.08. The minimum atomic E-state index is -0.1000. The van der Waals surface area contributed by atoms with E-state index in [0.717, 1.165) is 18.7 Å². The van der Waals surface area contributed by atoms with Gasteiger partial charge in [0.15, 0.2) is 0 Å². The van der Waals surface area contributed by atoms with Gasteiger partial charge in [-0.05, 0) is 30.2 Å². The molecule has 1 rings (SSSR count). The minimum absolute atomic E-state index is 0.1000. The molecule has 1 heterocycles. The first-order valence-electron chi connectivity index (χ1n) is 7.07. The van der Waals surface area contributed by atoms with E-state index in [1.165, 1.54) is 0 Å². The molecule has 0 atom stereocenters. The average molecular weight is 265 g/mol. The summed E-state index contributed by atoms with van der Waals surface area (Å²) in [6.45, 7) is 12.5. The Kier molecular flexibility index (Phi) is 9.71. The van der Waals surface area contributed by atoms with Crippen molar-refractivity contribution in [2.75, 3.05) is 13.1 Å². The van der Waals surface area contributed by atoms with Gasteiger partial charge in [0.1, 0.15) is 5.69 Å². The van der Waals surface area contributed by atoms with Gasteiger partial charge in [-0.25, -0.2) is 0 Å². The van der Waals surface area contributed by atoms with Crippen molar-refractivity contribution < 1.29 is 4.79 Å². The Balaban J connectivity index is 0.00000154. The summed E-state index contributed by atoms with van der Waals surface area (Å²) >= 11 is 0. The summed E-state index contributed by atoms with van der Waals surface area (Å²) in [6.07, 6.45) is 1.68. The van der Waals surface area contributed by atoms with Crippen LogP contribution < -0.4 is 10.6 Å². The number of pyridine rings is 1. The summed E-state index contributed by atoms with van der Waals surface area (Å²) in [4.78, 5) is 15.9. The van der Waals surface area contributed by atoms with Crippen LogP contribution in [-0.4, -0.2) is 24.0 Å². The van der Waals surface area contributed by atoms with Gasteiger partial charge < -0.3 is 10.6 Å². The highest BCUT2D eigenvalue weighted by atomic mass is 16.1. The number of hydrogen-bond donors (Lipinski definition) is 2. The van der Waals surface area contributed by atoms with E-state index in [1.807, 2.05) is 26.0 Å². The SMILES string of the molecule is CC.CCNCc1ccnc(C(=O)NCC(C)C)c1. The Morgan fingerprint density at radius 1 is 1.37 bits per heavy atom. The lowest BCUT2D eigenvalue weighted by Crippen LogP contribution is -2.28. The van der Waals surface area contributed by atoms with Gasteiger partial charge in [0.05, 0.1) is 0 Å². The Labute approximate surface area is 117 Å². The first kappa shape index (κ1) is 17.6. The molecule has 1 aromatic rings. The third-order valence-electron chi connectivity index (χ3n) is 2.31. The third kappa shape index (κ3) is 7.57. The molecule has 108 valence electrons. The number of aromatic nitrogens is 1. The number of nitrogens with one attached hydrogen (secondary N) is 2. The van der Waals surface area contributed by atoms with Crippen molar-refractivity contribution in [2.45, 2.75) is 41.2 Å². The van der Waals surface area contributed by atoms with Crippen LogP contribution in [0.4, 0.5) is 0 Å². The van der Waals surface area contributed by atoms with Gasteiger partial charge in [-0.2, -0.15) is 0 Å². The van der Waals surface area contributed by atoms with Crippen molar-refractivity contribution in [1.82, 2.24) is 15.6 Å². The zero-order chi connectivity index (χ0) is 14.7. The van der Waals surface area contributed by atoms with Gasteiger partial charge in [0.25, 0.3) is 5.91 Å². The number of hydrogen-bond acceptors (Lipinski definition) is 3. The molecule has 1 amide bonds. The first-order valence-corrected chi connectivity index (χ1v) is 7.07. The van der Waals surface area contributed by atoms with E-state index in [1.54, 1.807) is 6.20 Å². The Hall–Kier alpha value is -1.42. The highest BCUT2D eigenvalue weighted by molar-refractivity contribution is 5.92. The fourth-order valence-corrected chi connectivity index (χ4v) is 1.37.